The van der Waals surface area contributed by atoms with Gasteiger partial charge in [-0.1, -0.05) is 20.3 Å². The first-order valence-corrected chi connectivity index (χ1v) is 4.29. The van der Waals surface area contributed by atoms with Crippen LogP contribution in [0, 0.1) is 23.7 Å². The Morgan fingerprint density at radius 3 is 2.22 bits per heavy atom. The van der Waals surface area contributed by atoms with Gasteiger partial charge in [0, 0.05) is 0 Å². The first kappa shape index (κ1) is 5.76. The molecule has 4 atom stereocenters. The summed E-state index contributed by atoms with van der Waals surface area (Å²) in [6.45, 7) is 4.87. The maximum absolute atomic E-state index is 2.44. The first-order chi connectivity index (χ1) is 4.29. The Morgan fingerprint density at radius 1 is 1.11 bits per heavy atom. The van der Waals surface area contributed by atoms with E-state index in [1.807, 2.05) is 0 Å². The van der Waals surface area contributed by atoms with Gasteiger partial charge in [0.15, 0.2) is 0 Å². The molecule has 0 amide bonds. The molecular weight excluding hydrogens is 108 g/mol. The molecule has 0 aromatic rings. The Hall–Kier alpha value is 0. The first-order valence-electron chi connectivity index (χ1n) is 4.29. The molecule has 0 spiro atoms. The van der Waals surface area contributed by atoms with Crippen LogP contribution in [0.3, 0.4) is 0 Å². The van der Waals surface area contributed by atoms with Crippen LogP contribution in [0.25, 0.3) is 0 Å². The predicted octanol–water partition coefficient (Wildman–Crippen LogP) is 2.69. The van der Waals surface area contributed by atoms with Gasteiger partial charge in [-0.15, -0.1) is 0 Å². The van der Waals surface area contributed by atoms with E-state index in [0.29, 0.717) is 0 Å². The maximum atomic E-state index is 2.44. The van der Waals surface area contributed by atoms with Crippen molar-refractivity contribution in [2.45, 2.75) is 33.1 Å². The van der Waals surface area contributed by atoms with Gasteiger partial charge in [-0.2, -0.15) is 0 Å². The molecule has 0 aromatic carbocycles. The number of fused-ring (bicyclic) bond motifs is 2. The molecule has 3 rings (SSSR count). The van der Waals surface area contributed by atoms with Gasteiger partial charge in [0.2, 0.25) is 0 Å². The standard InChI is InChI=1S/C9H16/c1-6-3-4-8-5-9(6)7(8)2/h6-9H,3-5H2,1-2H3/t6-,7?,8+,9+/m0/s1. The molecule has 0 saturated heterocycles. The minimum atomic E-state index is 1.05. The van der Waals surface area contributed by atoms with E-state index in [9.17, 15) is 0 Å². The van der Waals surface area contributed by atoms with Crippen LogP contribution in [-0.4, -0.2) is 0 Å². The summed E-state index contributed by atoms with van der Waals surface area (Å²) in [7, 11) is 0. The Kier molecular flexibility index (Phi) is 1.12. The zero-order chi connectivity index (χ0) is 6.43. The highest BCUT2D eigenvalue weighted by Gasteiger charge is 2.43. The lowest BCUT2D eigenvalue weighted by atomic mass is 9.54. The molecule has 0 radical (unpaired) electrons. The van der Waals surface area contributed by atoms with Gasteiger partial charge in [0.1, 0.15) is 0 Å². The van der Waals surface area contributed by atoms with E-state index in [1.54, 1.807) is 6.42 Å². The highest BCUT2D eigenvalue weighted by atomic mass is 14.5. The third-order valence-corrected chi connectivity index (χ3v) is 3.72. The SMILES string of the molecule is CC1[C@@H]2CC[C@H](C)[C@H]1C2. The third-order valence-electron chi connectivity index (χ3n) is 3.72. The normalized spacial score (nSPS) is 56.7. The Labute approximate surface area is 57.6 Å². The quantitative estimate of drug-likeness (QED) is 0.465. The van der Waals surface area contributed by atoms with Crippen LogP contribution in [0.1, 0.15) is 33.1 Å². The number of rotatable bonds is 0. The van der Waals surface area contributed by atoms with Crippen LogP contribution >= 0.6 is 0 Å². The molecule has 0 aliphatic heterocycles. The molecule has 52 valence electrons. The van der Waals surface area contributed by atoms with Crippen LogP contribution in [-0.2, 0) is 0 Å². The van der Waals surface area contributed by atoms with E-state index in [-0.39, 0.29) is 0 Å². The highest BCUT2D eigenvalue weighted by molar-refractivity contribution is 4.93. The van der Waals surface area contributed by atoms with E-state index in [4.69, 9.17) is 0 Å². The van der Waals surface area contributed by atoms with Crippen molar-refractivity contribution in [2.24, 2.45) is 23.7 Å². The molecule has 0 heteroatoms. The zero-order valence-electron chi connectivity index (χ0n) is 6.43. The van der Waals surface area contributed by atoms with Crippen molar-refractivity contribution in [3.05, 3.63) is 0 Å². The second-order valence-electron chi connectivity index (χ2n) is 4.07. The third kappa shape index (κ3) is 0.653. The minimum Gasteiger partial charge on any atom is -0.0622 e. The summed E-state index contributed by atoms with van der Waals surface area (Å²) in [5, 5.41) is 0. The second kappa shape index (κ2) is 1.74. The molecule has 0 aromatic heterocycles. The molecule has 3 fully saturated rings. The van der Waals surface area contributed by atoms with Crippen molar-refractivity contribution in [2.75, 3.05) is 0 Å². The second-order valence-corrected chi connectivity index (χ2v) is 4.07. The molecule has 3 aliphatic carbocycles. The van der Waals surface area contributed by atoms with Gasteiger partial charge in [-0.25, -0.2) is 0 Å². The minimum absolute atomic E-state index is 1.05. The smallest absolute Gasteiger partial charge is 0.0357 e. The van der Waals surface area contributed by atoms with Gasteiger partial charge in [0.25, 0.3) is 0 Å². The Morgan fingerprint density at radius 2 is 1.89 bits per heavy atom. The van der Waals surface area contributed by atoms with Crippen molar-refractivity contribution in [3.63, 3.8) is 0 Å². The summed E-state index contributed by atoms with van der Waals surface area (Å²) in [6, 6.07) is 0. The fourth-order valence-corrected chi connectivity index (χ4v) is 2.75. The van der Waals surface area contributed by atoms with Crippen LogP contribution in [0.15, 0.2) is 0 Å². The Bertz CT molecular complexity index is 111. The fourth-order valence-electron chi connectivity index (χ4n) is 2.75. The largest absolute Gasteiger partial charge is 0.0622 e. The monoisotopic (exact) mass is 124 g/mol. The van der Waals surface area contributed by atoms with E-state index < -0.39 is 0 Å². The average Bonchev–Trinajstić information content (AvgIpc) is 1.86. The van der Waals surface area contributed by atoms with Crippen LogP contribution in [0.5, 0.6) is 0 Å². The van der Waals surface area contributed by atoms with Crippen LogP contribution < -0.4 is 0 Å². The maximum Gasteiger partial charge on any atom is -0.0357 e. The van der Waals surface area contributed by atoms with Gasteiger partial charge >= 0.3 is 0 Å². The molecule has 3 aliphatic rings. The van der Waals surface area contributed by atoms with Gasteiger partial charge in [0.05, 0.1) is 0 Å². The van der Waals surface area contributed by atoms with Gasteiger partial charge in [-0.05, 0) is 36.5 Å². The topological polar surface area (TPSA) is 0 Å². The lowest BCUT2D eigenvalue weighted by Gasteiger charge is -2.51. The van der Waals surface area contributed by atoms with E-state index in [1.165, 1.54) is 12.8 Å². The fraction of sp³-hybridized carbons (Fsp3) is 1.00. The predicted molar refractivity (Wildman–Crippen MR) is 39.2 cm³/mol. The summed E-state index contributed by atoms with van der Waals surface area (Å²) in [5.74, 6) is 4.37. The molecule has 0 nitrogen and oxygen atoms in total. The molecule has 0 N–H and O–H groups in total. The van der Waals surface area contributed by atoms with Gasteiger partial charge < -0.3 is 0 Å². The van der Waals surface area contributed by atoms with Crippen LogP contribution in [0.4, 0.5) is 0 Å². The number of hydrogen-bond donors (Lipinski definition) is 0. The molecule has 0 heterocycles. The summed E-state index contributed by atoms with van der Waals surface area (Å²) >= 11 is 0. The lowest BCUT2D eigenvalue weighted by molar-refractivity contribution is -0.0159. The summed E-state index contributed by atoms with van der Waals surface area (Å²) in [5.41, 5.74) is 0. The van der Waals surface area contributed by atoms with Crippen molar-refractivity contribution < 1.29 is 0 Å². The molecular formula is C9H16. The van der Waals surface area contributed by atoms with E-state index >= 15 is 0 Å². The van der Waals surface area contributed by atoms with E-state index in [2.05, 4.69) is 13.8 Å². The van der Waals surface area contributed by atoms with Crippen molar-refractivity contribution >= 4 is 0 Å². The molecule has 3 saturated carbocycles. The van der Waals surface area contributed by atoms with Gasteiger partial charge in [-0.3, -0.25) is 0 Å². The highest BCUT2D eigenvalue weighted by Crippen LogP contribution is 2.52. The zero-order valence-corrected chi connectivity index (χ0v) is 6.43. The van der Waals surface area contributed by atoms with E-state index in [0.717, 1.165) is 23.7 Å². The van der Waals surface area contributed by atoms with Crippen molar-refractivity contribution in [1.82, 2.24) is 0 Å². The van der Waals surface area contributed by atoms with Crippen molar-refractivity contribution in [3.8, 4) is 0 Å². The molecule has 9 heavy (non-hydrogen) atoms. The Balaban J connectivity index is 2.06. The molecule has 1 unspecified atom stereocenters. The summed E-state index contributed by atoms with van der Waals surface area (Å²) in [6.07, 6.45) is 4.60. The van der Waals surface area contributed by atoms with Crippen molar-refractivity contribution in [1.29, 1.82) is 0 Å². The molecule has 2 bridgehead atoms. The lowest BCUT2D eigenvalue weighted by Crippen LogP contribution is -2.43. The summed E-state index contributed by atoms with van der Waals surface area (Å²) < 4.78 is 0. The van der Waals surface area contributed by atoms with Crippen LogP contribution in [0.2, 0.25) is 0 Å². The average molecular weight is 124 g/mol. The summed E-state index contributed by atoms with van der Waals surface area (Å²) in [4.78, 5) is 0. The number of hydrogen-bond acceptors (Lipinski definition) is 0.